The lowest BCUT2D eigenvalue weighted by Gasteiger charge is -2.09. The number of rotatable bonds is 3. The molecule has 0 fully saturated rings. The fourth-order valence-corrected chi connectivity index (χ4v) is 1.21. The minimum atomic E-state index is -0.435. The van der Waals surface area contributed by atoms with Crippen molar-refractivity contribution in [3.05, 3.63) is 29.3 Å². The van der Waals surface area contributed by atoms with Crippen molar-refractivity contribution in [2.24, 2.45) is 5.73 Å². The number of anilines is 1. The SMILES string of the molecule is CCOC(=O)Nc1cc(CN)ccc1C. The van der Waals surface area contributed by atoms with Gasteiger partial charge in [0, 0.05) is 12.2 Å². The van der Waals surface area contributed by atoms with Crippen molar-refractivity contribution < 1.29 is 9.53 Å². The van der Waals surface area contributed by atoms with Crippen molar-refractivity contribution in [3.63, 3.8) is 0 Å². The first-order valence-electron chi connectivity index (χ1n) is 4.90. The van der Waals surface area contributed by atoms with Crippen molar-refractivity contribution >= 4 is 11.8 Å². The first-order chi connectivity index (χ1) is 7.17. The van der Waals surface area contributed by atoms with Crippen LogP contribution in [0.25, 0.3) is 0 Å². The zero-order chi connectivity index (χ0) is 11.3. The third kappa shape index (κ3) is 3.25. The van der Waals surface area contributed by atoms with E-state index in [2.05, 4.69) is 5.32 Å². The van der Waals surface area contributed by atoms with Gasteiger partial charge in [0.15, 0.2) is 0 Å². The van der Waals surface area contributed by atoms with E-state index in [4.69, 9.17) is 10.5 Å². The summed E-state index contributed by atoms with van der Waals surface area (Å²) >= 11 is 0. The van der Waals surface area contributed by atoms with Gasteiger partial charge in [-0.3, -0.25) is 5.32 Å². The van der Waals surface area contributed by atoms with Gasteiger partial charge in [-0.2, -0.15) is 0 Å². The van der Waals surface area contributed by atoms with Crippen LogP contribution in [-0.4, -0.2) is 12.7 Å². The lowest BCUT2D eigenvalue weighted by Crippen LogP contribution is -2.14. The van der Waals surface area contributed by atoms with Crippen molar-refractivity contribution in [1.82, 2.24) is 0 Å². The molecule has 0 aliphatic carbocycles. The number of nitrogens with two attached hydrogens (primary N) is 1. The number of aryl methyl sites for hydroxylation is 1. The number of nitrogens with one attached hydrogen (secondary N) is 1. The van der Waals surface area contributed by atoms with E-state index in [9.17, 15) is 4.79 Å². The van der Waals surface area contributed by atoms with Crippen molar-refractivity contribution in [2.75, 3.05) is 11.9 Å². The molecule has 0 aliphatic heterocycles. The molecule has 4 heteroatoms. The Hall–Kier alpha value is -1.55. The van der Waals surface area contributed by atoms with Crippen molar-refractivity contribution in [2.45, 2.75) is 20.4 Å². The van der Waals surface area contributed by atoms with Gasteiger partial charge in [-0.25, -0.2) is 4.79 Å². The maximum Gasteiger partial charge on any atom is 0.411 e. The van der Waals surface area contributed by atoms with E-state index in [1.54, 1.807) is 6.92 Å². The number of hydrogen-bond donors (Lipinski definition) is 2. The van der Waals surface area contributed by atoms with Gasteiger partial charge >= 0.3 is 6.09 Å². The van der Waals surface area contributed by atoms with Gasteiger partial charge in [0.25, 0.3) is 0 Å². The zero-order valence-corrected chi connectivity index (χ0v) is 9.04. The summed E-state index contributed by atoms with van der Waals surface area (Å²) in [5.74, 6) is 0. The quantitative estimate of drug-likeness (QED) is 0.798. The topological polar surface area (TPSA) is 64.3 Å². The summed E-state index contributed by atoms with van der Waals surface area (Å²) in [5.41, 5.74) is 8.23. The standard InChI is InChI=1S/C11H16N2O2/c1-3-15-11(14)13-10-6-9(7-12)5-4-8(10)2/h4-6H,3,7,12H2,1-2H3,(H,13,14). The van der Waals surface area contributed by atoms with E-state index in [0.717, 1.165) is 16.8 Å². The Bertz CT molecular complexity index is 350. The lowest BCUT2D eigenvalue weighted by molar-refractivity contribution is 0.168. The fourth-order valence-electron chi connectivity index (χ4n) is 1.21. The van der Waals surface area contributed by atoms with Crippen molar-refractivity contribution in [3.8, 4) is 0 Å². The number of carbonyl (C=O) groups is 1. The van der Waals surface area contributed by atoms with Crippen LogP contribution in [0, 0.1) is 6.92 Å². The van der Waals surface area contributed by atoms with Crippen LogP contribution < -0.4 is 11.1 Å². The van der Waals surface area contributed by atoms with Crippen LogP contribution in [0.2, 0.25) is 0 Å². The van der Waals surface area contributed by atoms with Crippen LogP contribution in [0.15, 0.2) is 18.2 Å². The van der Waals surface area contributed by atoms with Gasteiger partial charge in [-0.05, 0) is 31.0 Å². The highest BCUT2D eigenvalue weighted by Crippen LogP contribution is 2.16. The molecule has 0 spiro atoms. The van der Waals surface area contributed by atoms with E-state index < -0.39 is 6.09 Å². The second kappa shape index (κ2) is 5.36. The molecule has 1 amide bonds. The van der Waals surface area contributed by atoms with Crippen LogP contribution in [0.4, 0.5) is 10.5 Å². The third-order valence-electron chi connectivity index (χ3n) is 2.05. The Labute approximate surface area is 89.4 Å². The van der Waals surface area contributed by atoms with Gasteiger partial charge < -0.3 is 10.5 Å². The smallest absolute Gasteiger partial charge is 0.411 e. The minimum Gasteiger partial charge on any atom is -0.450 e. The molecule has 0 unspecified atom stereocenters. The maximum atomic E-state index is 11.2. The Balaban J connectivity index is 2.79. The van der Waals surface area contributed by atoms with Crippen LogP contribution in [0.5, 0.6) is 0 Å². The number of hydrogen-bond acceptors (Lipinski definition) is 3. The normalized spacial score (nSPS) is 9.80. The van der Waals surface area contributed by atoms with E-state index in [0.29, 0.717) is 13.2 Å². The molecule has 3 N–H and O–H groups in total. The molecule has 0 radical (unpaired) electrons. The first-order valence-corrected chi connectivity index (χ1v) is 4.90. The summed E-state index contributed by atoms with van der Waals surface area (Å²) in [6, 6.07) is 5.71. The second-order valence-corrected chi connectivity index (χ2v) is 3.20. The minimum absolute atomic E-state index is 0.363. The predicted octanol–water partition coefficient (Wildman–Crippen LogP) is 2.02. The molecule has 1 aromatic carbocycles. The van der Waals surface area contributed by atoms with Gasteiger partial charge in [0.05, 0.1) is 6.61 Å². The van der Waals surface area contributed by atoms with E-state index in [-0.39, 0.29) is 0 Å². The summed E-state index contributed by atoms with van der Waals surface area (Å²) in [4.78, 5) is 11.2. The van der Waals surface area contributed by atoms with Crippen LogP contribution in [0.3, 0.4) is 0 Å². The molecule has 1 aromatic rings. The Kier molecular flexibility index (Phi) is 4.12. The van der Waals surface area contributed by atoms with E-state index in [1.165, 1.54) is 0 Å². The fraction of sp³-hybridized carbons (Fsp3) is 0.364. The molecule has 0 atom stereocenters. The first kappa shape index (κ1) is 11.5. The van der Waals surface area contributed by atoms with Crippen molar-refractivity contribution in [1.29, 1.82) is 0 Å². The molecule has 0 aliphatic rings. The highest BCUT2D eigenvalue weighted by molar-refractivity contribution is 5.85. The summed E-state index contributed by atoms with van der Waals surface area (Å²) in [6.07, 6.45) is -0.435. The van der Waals surface area contributed by atoms with Gasteiger partial charge in [-0.15, -0.1) is 0 Å². The van der Waals surface area contributed by atoms with Crippen LogP contribution in [-0.2, 0) is 11.3 Å². The molecule has 15 heavy (non-hydrogen) atoms. The monoisotopic (exact) mass is 208 g/mol. The molecule has 0 bridgehead atoms. The maximum absolute atomic E-state index is 11.2. The molecule has 0 saturated carbocycles. The Morgan fingerprint density at radius 2 is 2.27 bits per heavy atom. The van der Waals surface area contributed by atoms with Crippen LogP contribution >= 0.6 is 0 Å². The number of ether oxygens (including phenoxy) is 1. The number of benzene rings is 1. The predicted molar refractivity (Wildman–Crippen MR) is 59.7 cm³/mol. The molecular formula is C11H16N2O2. The number of carbonyl (C=O) groups excluding carboxylic acids is 1. The second-order valence-electron chi connectivity index (χ2n) is 3.20. The highest BCUT2D eigenvalue weighted by Gasteiger charge is 2.05. The molecule has 0 heterocycles. The zero-order valence-electron chi connectivity index (χ0n) is 9.04. The summed E-state index contributed by atoms with van der Waals surface area (Å²) in [5, 5.41) is 2.67. The molecule has 1 rings (SSSR count). The number of amides is 1. The molecule has 4 nitrogen and oxygen atoms in total. The van der Waals surface area contributed by atoms with Crippen LogP contribution in [0.1, 0.15) is 18.1 Å². The molecular weight excluding hydrogens is 192 g/mol. The highest BCUT2D eigenvalue weighted by atomic mass is 16.5. The Morgan fingerprint density at radius 1 is 1.53 bits per heavy atom. The summed E-state index contributed by atoms with van der Waals surface area (Å²) in [6.45, 7) is 4.50. The largest absolute Gasteiger partial charge is 0.450 e. The molecule has 0 saturated heterocycles. The molecule has 0 aromatic heterocycles. The summed E-state index contributed by atoms with van der Waals surface area (Å²) < 4.78 is 4.79. The van der Waals surface area contributed by atoms with Gasteiger partial charge in [0.2, 0.25) is 0 Å². The average Bonchev–Trinajstić information content (AvgIpc) is 2.21. The Morgan fingerprint density at radius 3 is 2.87 bits per heavy atom. The van der Waals surface area contributed by atoms with E-state index >= 15 is 0 Å². The molecule has 82 valence electrons. The lowest BCUT2D eigenvalue weighted by atomic mass is 10.1. The average molecular weight is 208 g/mol. The van der Waals surface area contributed by atoms with Gasteiger partial charge in [-0.1, -0.05) is 12.1 Å². The van der Waals surface area contributed by atoms with Gasteiger partial charge in [0.1, 0.15) is 0 Å². The third-order valence-corrected chi connectivity index (χ3v) is 2.05. The summed E-state index contributed by atoms with van der Waals surface area (Å²) in [7, 11) is 0. The van der Waals surface area contributed by atoms with E-state index in [1.807, 2.05) is 25.1 Å².